The van der Waals surface area contributed by atoms with Crippen LogP contribution >= 0.6 is 0 Å². The molecular formula is C15H14N4O2. The molecule has 3 aromatic rings. The zero-order valence-electron chi connectivity index (χ0n) is 11.3. The average Bonchev–Trinajstić information content (AvgIpc) is 3.01. The molecule has 6 nitrogen and oxygen atoms in total. The molecule has 0 saturated heterocycles. The topological polar surface area (TPSA) is 64.2 Å². The van der Waals surface area contributed by atoms with Crippen LogP contribution in [0.5, 0.6) is 0 Å². The minimum absolute atomic E-state index is 0.0484. The number of carbonyl (C=O) groups excluding carboxylic acids is 1. The summed E-state index contributed by atoms with van der Waals surface area (Å²) in [5.74, 6) is -0.0484. The zero-order chi connectivity index (χ0) is 14.2. The Kier molecular flexibility index (Phi) is 2.73. The Bertz CT molecular complexity index is 741. The second-order valence-corrected chi connectivity index (χ2v) is 5.16. The van der Waals surface area contributed by atoms with Crippen LogP contribution in [-0.4, -0.2) is 26.7 Å². The van der Waals surface area contributed by atoms with Gasteiger partial charge in [0.2, 0.25) is 0 Å². The summed E-state index contributed by atoms with van der Waals surface area (Å²) in [4.78, 5) is 18.6. The molecule has 2 aromatic heterocycles. The molecule has 0 aliphatic heterocycles. The van der Waals surface area contributed by atoms with Gasteiger partial charge in [-0.05, 0) is 31.0 Å². The fraction of sp³-hybridized carbons (Fsp3) is 0.267. The molecular weight excluding hydrogens is 268 g/mol. The van der Waals surface area contributed by atoms with Gasteiger partial charge in [0.15, 0.2) is 5.58 Å². The van der Waals surface area contributed by atoms with Crippen LogP contribution in [0.4, 0.5) is 6.01 Å². The van der Waals surface area contributed by atoms with Crippen LogP contribution in [0.15, 0.2) is 47.1 Å². The lowest BCUT2D eigenvalue weighted by Gasteiger charge is -2.17. The van der Waals surface area contributed by atoms with Gasteiger partial charge in [-0.2, -0.15) is 10.1 Å². The number of nitrogens with zero attached hydrogens (tertiary/aromatic N) is 4. The molecule has 6 heteroatoms. The molecule has 0 spiro atoms. The third kappa shape index (κ3) is 2.29. The van der Waals surface area contributed by atoms with Crippen molar-refractivity contribution in [1.29, 1.82) is 0 Å². The Morgan fingerprint density at radius 2 is 2.19 bits per heavy atom. The van der Waals surface area contributed by atoms with E-state index in [1.54, 1.807) is 28.0 Å². The van der Waals surface area contributed by atoms with E-state index in [-0.39, 0.29) is 18.5 Å². The van der Waals surface area contributed by atoms with E-state index in [9.17, 15) is 4.79 Å². The number of fused-ring (bicyclic) bond motifs is 1. The van der Waals surface area contributed by atoms with Crippen LogP contribution in [0, 0.1) is 0 Å². The third-order valence-electron chi connectivity index (χ3n) is 3.53. The van der Waals surface area contributed by atoms with Gasteiger partial charge in [0, 0.05) is 18.4 Å². The average molecular weight is 282 g/mol. The number of aromatic nitrogens is 3. The van der Waals surface area contributed by atoms with Crippen LogP contribution < -0.4 is 4.90 Å². The van der Waals surface area contributed by atoms with E-state index in [0.717, 1.165) is 18.4 Å². The predicted octanol–water partition coefficient (Wildman–Crippen LogP) is 2.22. The van der Waals surface area contributed by atoms with E-state index in [1.165, 1.54) is 0 Å². The highest BCUT2D eigenvalue weighted by molar-refractivity contribution is 5.93. The molecule has 0 unspecified atom stereocenters. The van der Waals surface area contributed by atoms with Gasteiger partial charge in [0.1, 0.15) is 12.1 Å². The number of benzene rings is 1. The summed E-state index contributed by atoms with van der Waals surface area (Å²) in [6.45, 7) is 0.197. The first-order valence-corrected chi connectivity index (χ1v) is 6.96. The molecule has 1 saturated carbocycles. The van der Waals surface area contributed by atoms with Crippen LogP contribution in [0.2, 0.25) is 0 Å². The van der Waals surface area contributed by atoms with Gasteiger partial charge < -0.3 is 4.42 Å². The Labute approximate surface area is 121 Å². The number of para-hydroxylation sites is 2. The van der Waals surface area contributed by atoms with Crippen LogP contribution in [0.25, 0.3) is 11.1 Å². The van der Waals surface area contributed by atoms with Gasteiger partial charge in [-0.3, -0.25) is 14.4 Å². The highest BCUT2D eigenvalue weighted by atomic mass is 16.4. The summed E-state index contributed by atoms with van der Waals surface area (Å²) in [5.41, 5.74) is 1.47. The maximum Gasteiger partial charge on any atom is 0.305 e. The van der Waals surface area contributed by atoms with Crippen molar-refractivity contribution in [2.45, 2.75) is 25.4 Å². The number of hydrogen-bond donors (Lipinski definition) is 0. The van der Waals surface area contributed by atoms with Gasteiger partial charge in [-0.1, -0.05) is 12.1 Å². The molecule has 2 heterocycles. The number of carbonyl (C=O) groups is 1. The second kappa shape index (κ2) is 4.73. The van der Waals surface area contributed by atoms with Crippen molar-refractivity contribution in [3.63, 3.8) is 0 Å². The van der Waals surface area contributed by atoms with Crippen molar-refractivity contribution < 1.29 is 9.21 Å². The molecule has 0 atom stereocenters. The lowest BCUT2D eigenvalue weighted by molar-refractivity contribution is -0.119. The zero-order valence-corrected chi connectivity index (χ0v) is 11.3. The van der Waals surface area contributed by atoms with Crippen molar-refractivity contribution in [3.8, 4) is 0 Å². The molecule has 4 rings (SSSR count). The molecule has 1 aromatic carbocycles. The Balaban J connectivity index is 1.66. The number of oxazole rings is 1. The van der Waals surface area contributed by atoms with Crippen molar-refractivity contribution in [1.82, 2.24) is 14.8 Å². The highest BCUT2D eigenvalue weighted by Crippen LogP contribution is 2.33. The first kappa shape index (κ1) is 12.1. The SMILES string of the molecule is O=C(Cn1cccn1)N(c1nc2ccccc2o1)C1CC1. The minimum atomic E-state index is -0.0484. The summed E-state index contributed by atoms with van der Waals surface area (Å²) in [5, 5.41) is 4.07. The van der Waals surface area contributed by atoms with Crippen LogP contribution in [0.1, 0.15) is 12.8 Å². The molecule has 21 heavy (non-hydrogen) atoms. The van der Waals surface area contributed by atoms with Gasteiger partial charge in [-0.25, -0.2) is 0 Å². The van der Waals surface area contributed by atoms with E-state index in [4.69, 9.17) is 4.42 Å². The van der Waals surface area contributed by atoms with E-state index in [0.29, 0.717) is 11.6 Å². The van der Waals surface area contributed by atoms with E-state index >= 15 is 0 Å². The summed E-state index contributed by atoms with van der Waals surface area (Å²) in [7, 11) is 0. The molecule has 0 bridgehead atoms. The fourth-order valence-electron chi connectivity index (χ4n) is 2.37. The predicted molar refractivity (Wildman–Crippen MR) is 76.7 cm³/mol. The lowest BCUT2D eigenvalue weighted by Crippen LogP contribution is -2.36. The van der Waals surface area contributed by atoms with Crippen molar-refractivity contribution in [2.24, 2.45) is 0 Å². The molecule has 106 valence electrons. The molecule has 0 radical (unpaired) electrons. The van der Waals surface area contributed by atoms with E-state index < -0.39 is 0 Å². The van der Waals surface area contributed by atoms with Crippen molar-refractivity contribution >= 4 is 23.0 Å². The lowest BCUT2D eigenvalue weighted by atomic mass is 10.3. The second-order valence-electron chi connectivity index (χ2n) is 5.16. The molecule has 1 aliphatic rings. The quantitative estimate of drug-likeness (QED) is 0.736. The smallest absolute Gasteiger partial charge is 0.305 e. The largest absolute Gasteiger partial charge is 0.423 e. The normalized spacial score (nSPS) is 14.5. The summed E-state index contributed by atoms with van der Waals surface area (Å²) in [6.07, 6.45) is 5.41. The van der Waals surface area contributed by atoms with Gasteiger partial charge >= 0.3 is 6.01 Å². The molecule has 1 fully saturated rings. The number of hydrogen-bond acceptors (Lipinski definition) is 4. The van der Waals surface area contributed by atoms with Crippen LogP contribution in [0.3, 0.4) is 0 Å². The first-order valence-electron chi connectivity index (χ1n) is 6.96. The maximum absolute atomic E-state index is 12.5. The fourth-order valence-corrected chi connectivity index (χ4v) is 2.37. The Morgan fingerprint density at radius 3 is 2.90 bits per heavy atom. The number of rotatable bonds is 4. The summed E-state index contributed by atoms with van der Waals surface area (Å²) in [6, 6.07) is 9.91. The standard InChI is InChI=1S/C15H14N4O2/c20-14(10-18-9-3-8-16-18)19(11-6-7-11)15-17-12-4-1-2-5-13(12)21-15/h1-5,8-9,11H,6-7,10H2. The molecule has 0 N–H and O–H groups in total. The van der Waals surface area contributed by atoms with E-state index in [1.807, 2.05) is 24.3 Å². The Hall–Kier alpha value is -2.63. The van der Waals surface area contributed by atoms with Gasteiger partial charge in [-0.15, -0.1) is 0 Å². The Morgan fingerprint density at radius 1 is 1.33 bits per heavy atom. The summed E-state index contributed by atoms with van der Waals surface area (Å²) < 4.78 is 7.35. The highest BCUT2D eigenvalue weighted by Gasteiger charge is 2.36. The summed E-state index contributed by atoms with van der Waals surface area (Å²) >= 11 is 0. The minimum Gasteiger partial charge on any atom is -0.423 e. The van der Waals surface area contributed by atoms with Crippen molar-refractivity contribution in [2.75, 3.05) is 4.90 Å². The molecule has 1 amide bonds. The van der Waals surface area contributed by atoms with Gasteiger partial charge in [0.25, 0.3) is 5.91 Å². The third-order valence-corrected chi connectivity index (χ3v) is 3.53. The number of amides is 1. The van der Waals surface area contributed by atoms with Crippen LogP contribution in [-0.2, 0) is 11.3 Å². The molecule has 1 aliphatic carbocycles. The van der Waals surface area contributed by atoms with E-state index in [2.05, 4.69) is 10.1 Å². The van der Waals surface area contributed by atoms with Gasteiger partial charge in [0.05, 0.1) is 0 Å². The first-order chi connectivity index (χ1) is 10.3. The maximum atomic E-state index is 12.5. The number of anilines is 1. The monoisotopic (exact) mass is 282 g/mol. The van der Waals surface area contributed by atoms with Crippen molar-refractivity contribution in [3.05, 3.63) is 42.7 Å².